The molecule has 0 radical (unpaired) electrons. The zero-order chi connectivity index (χ0) is 19.5. The van der Waals surface area contributed by atoms with Gasteiger partial charge in [0.2, 0.25) is 0 Å². The highest BCUT2D eigenvalue weighted by Gasteiger charge is 2.28. The summed E-state index contributed by atoms with van der Waals surface area (Å²) < 4.78 is 10.7. The second kappa shape index (κ2) is 8.10. The Kier molecular flexibility index (Phi) is 5.38. The van der Waals surface area contributed by atoms with Gasteiger partial charge in [-0.1, -0.05) is 0 Å². The minimum atomic E-state index is 0.0303. The van der Waals surface area contributed by atoms with Crippen molar-refractivity contribution < 1.29 is 14.3 Å². The van der Waals surface area contributed by atoms with Crippen molar-refractivity contribution in [1.29, 1.82) is 0 Å². The van der Waals surface area contributed by atoms with E-state index in [1.54, 1.807) is 14.2 Å². The molecular formula is C20H27N5O3. The van der Waals surface area contributed by atoms with Crippen LogP contribution in [0.3, 0.4) is 0 Å². The van der Waals surface area contributed by atoms with Gasteiger partial charge in [-0.3, -0.25) is 9.89 Å². The van der Waals surface area contributed by atoms with Crippen LogP contribution in [-0.2, 0) is 13.0 Å². The van der Waals surface area contributed by atoms with E-state index < -0.39 is 0 Å². The molecule has 28 heavy (non-hydrogen) atoms. The van der Waals surface area contributed by atoms with Crippen LogP contribution in [0, 0.1) is 0 Å². The minimum Gasteiger partial charge on any atom is -0.497 e. The third-order valence-corrected chi connectivity index (χ3v) is 5.51. The fraction of sp³-hybridized carbons (Fsp3) is 0.500. The van der Waals surface area contributed by atoms with Gasteiger partial charge >= 0.3 is 0 Å². The number of aromatic amines is 1. The molecule has 3 N–H and O–H groups in total. The van der Waals surface area contributed by atoms with Gasteiger partial charge in [0.1, 0.15) is 11.5 Å². The summed E-state index contributed by atoms with van der Waals surface area (Å²) in [6.07, 6.45) is 2.66. The molecule has 0 spiro atoms. The molecule has 0 atom stereocenters. The number of carbonyl (C=O) groups is 1. The first-order chi connectivity index (χ1) is 13.7. The summed E-state index contributed by atoms with van der Waals surface area (Å²) >= 11 is 0. The van der Waals surface area contributed by atoms with Crippen LogP contribution >= 0.6 is 0 Å². The number of anilines is 1. The Morgan fingerprint density at radius 2 is 1.89 bits per heavy atom. The molecule has 8 heteroatoms. The van der Waals surface area contributed by atoms with E-state index in [-0.39, 0.29) is 5.91 Å². The van der Waals surface area contributed by atoms with Crippen molar-refractivity contribution in [3.8, 4) is 11.5 Å². The number of aromatic nitrogens is 2. The number of H-pyrrole nitrogens is 1. The molecule has 1 fully saturated rings. The standard InChI is InChI=1S/C20H27N5O3/c1-27-15-9-14(10-16(11-15)28-2)22-13-4-7-25(8-5-13)20(26)19-17-12-21-6-3-18(17)23-24-19/h9-11,13,21-22H,3-8,12H2,1-2H3,(H,23,24). The van der Waals surface area contributed by atoms with Gasteiger partial charge in [0, 0.05) is 73.8 Å². The lowest BCUT2D eigenvalue weighted by atomic mass is 10.0. The largest absolute Gasteiger partial charge is 0.497 e. The van der Waals surface area contributed by atoms with E-state index in [2.05, 4.69) is 20.8 Å². The van der Waals surface area contributed by atoms with Crippen LogP contribution < -0.4 is 20.1 Å². The number of amides is 1. The van der Waals surface area contributed by atoms with Crippen LogP contribution in [0.25, 0.3) is 0 Å². The number of fused-ring (bicyclic) bond motifs is 1. The number of benzene rings is 1. The molecule has 1 amide bonds. The molecule has 2 aliphatic heterocycles. The molecule has 0 aliphatic carbocycles. The number of hydrogen-bond donors (Lipinski definition) is 3. The van der Waals surface area contributed by atoms with Crippen molar-refractivity contribution in [3.63, 3.8) is 0 Å². The Hall–Kier alpha value is -2.74. The lowest BCUT2D eigenvalue weighted by Gasteiger charge is -2.33. The molecule has 8 nitrogen and oxygen atoms in total. The summed E-state index contributed by atoms with van der Waals surface area (Å²) in [7, 11) is 3.29. The second-order valence-corrected chi connectivity index (χ2v) is 7.27. The van der Waals surface area contributed by atoms with Gasteiger partial charge in [-0.15, -0.1) is 0 Å². The average Bonchev–Trinajstić information content (AvgIpc) is 3.17. The molecule has 2 aromatic rings. The maximum Gasteiger partial charge on any atom is 0.274 e. The van der Waals surface area contributed by atoms with Gasteiger partial charge in [0.25, 0.3) is 5.91 Å². The molecule has 1 saturated heterocycles. The van der Waals surface area contributed by atoms with E-state index in [1.807, 2.05) is 23.1 Å². The normalized spacial score (nSPS) is 17.1. The lowest BCUT2D eigenvalue weighted by molar-refractivity contribution is 0.0711. The topological polar surface area (TPSA) is 91.5 Å². The molecule has 3 heterocycles. The zero-order valence-electron chi connectivity index (χ0n) is 16.4. The maximum atomic E-state index is 12.9. The summed E-state index contributed by atoms with van der Waals surface area (Å²) in [5.41, 5.74) is 3.66. The van der Waals surface area contributed by atoms with E-state index in [0.717, 1.165) is 54.3 Å². The van der Waals surface area contributed by atoms with Crippen LogP contribution in [-0.4, -0.2) is 60.9 Å². The van der Waals surface area contributed by atoms with Gasteiger partial charge in [0.05, 0.1) is 14.2 Å². The number of methoxy groups -OCH3 is 2. The first-order valence-corrected chi connectivity index (χ1v) is 9.73. The molecular weight excluding hydrogens is 358 g/mol. The van der Waals surface area contributed by atoms with E-state index in [1.165, 1.54) is 0 Å². The van der Waals surface area contributed by atoms with Gasteiger partial charge < -0.3 is 25.0 Å². The van der Waals surface area contributed by atoms with Gasteiger partial charge in [-0.2, -0.15) is 5.10 Å². The summed E-state index contributed by atoms with van der Waals surface area (Å²) in [6, 6.07) is 6.08. The molecule has 150 valence electrons. The fourth-order valence-electron chi connectivity index (χ4n) is 3.91. The Labute approximate surface area is 164 Å². The summed E-state index contributed by atoms with van der Waals surface area (Å²) in [5.74, 6) is 1.54. The summed E-state index contributed by atoms with van der Waals surface area (Å²) in [4.78, 5) is 14.8. The van der Waals surface area contributed by atoms with E-state index in [4.69, 9.17) is 9.47 Å². The quantitative estimate of drug-likeness (QED) is 0.727. The molecule has 0 saturated carbocycles. The second-order valence-electron chi connectivity index (χ2n) is 7.27. The number of likely N-dealkylation sites (tertiary alicyclic amines) is 1. The number of nitrogens with zero attached hydrogens (tertiary/aromatic N) is 2. The van der Waals surface area contributed by atoms with Crippen molar-refractivity contribution in [3.05, 3.63) is 35.2 Å². The van der Waals surface area contributed by atoms with Crippen LogP contribution in [0.4, 0.5) is 5.69 Å². The number of piperidine rings is 1. The van der Waals surface area contributed by atoms with E-state index >= 15 is 0 Å². The molecule has 2 aliphatic rings. The smallest absolute Gasteiger partial charge is 0.274 e. The van der Waals surface area contributed by atoms with Crippen molar-refractivity contribution in [1.82, 2.24) is 20.4 Å². The first-order valence-electron chi connectivity index (χ1n) is 9.73. The Balaban J connectivity index is 1.37. The zero-order valence-corrected chi connectivity index (χ0v) is 16.4. The highest BCUT2D eigenvalue weighted by Crippen LogP contribution is 2.28. The monoisotopic (exact) mass is 385 g/mol. The van der Waals surface area contributed by atoms with Crippen molar-refractivity contribution in [2.45, 2.75) is 31.8 Å². The number of hydrogen-bond acceptors (Lipinski definition) is 6. The van der Waals surface area contributed by atoms with E-state index in [0.29, 0.717) is 31.4 Å². The predicted molar refractivity (Wildman–Crippen MR) is 106 cm³/mol. The molecule has 0 unspecified atom stereocenters. The molecule has 1 aromatic carbocycles. The van der Waals surface area contributed by atoms with Crippen LogP contribution in [0.2, 0.25) is 0 Å². The van der Waals surface area contributed by atoms with Gasteiger partial charge in [-0.25, -0.2) is 0 Å². The first kappa shape index (κ1) is 18.6. The Morgan fingerprint density at radius 1 is 1.18 bits per heavy atom. The Bertz CT molecular complexity index is 820. The van der Waals surface area contributed by atoms with Gasteiger partial charge in [-0.05, 0) is 12.8 Å². The molecule has 4 rings (SSSR count). The van der Waals surface area contributed by atoms with Crippen molar-refractivity contribution >= 4 is 11.6 Å². The molecule has 1 aromatic heterocycles. The summed E-state index contributed by atoms with van der Waals surface area (Å²) in [6.45, 7) is 3.07. The average molecular weight is 385 g/mol. The lowest BCUT2D eigenvalue weighted by Crippen LogP contribution is -2.43. The van der Waals surface area contributed by atoms with Crippen molar-refractivity contribution in [2.24, 2.45) is 0 Å². The number of ether oxygens (including phenoxy) is 2. The Morgan fingerprint density at radius 3 is 2.57 bits per heavy atom. The number of nitrogens with one attached hydrogen (secondary N) is 3. The maximum absolute atomic E-state index is 12.9. The SMILES string of the molecule is COc1cc(NC2CCN(C(=O)c3n[nH]c4c3CNCC4)CC2)cc(OC)c1. The molecule has 0 bridgehead atoms. The summed E-state index contributed by atoms with van der Waals surface area (Å²) in [5, 5.41) is 14.2. The van der Waals surface area contributed by atoms with Crippen LogP contribution in [0.5, 0.6) is 11.5 Å². The fourth-order valence-corrected chi connectivity index (χ4v) is 3.91. The minimum absolute atomic E-state index is 0.0303. The van der Waals surface area contributed by atoms with Gasteiger partial charge in [0.15, 0.2) is 5.69 Å². The highest BCUT2D eigenvalue weighted by atomic mass is 16.5. The highest BCUT2D eigenvalue weighted by molar-refractivity contribution is 5.94. The number of rotatable bonds is 5. The van der Waals surface area contributed by atoms with Crippen molar-refractivity contribution in [2.75, 3.05) is 39.2 Å². The van der Waals surface area contributed by atoms with Crippen LogP contribution in [0.1, 0.15) is 34.6 Å². The van der Waals surface area contributed by atoms with Crippen LogP contribution in [0.15, 0.2) is 18.2 Å². The third kappa shape index (κ3) is 3.77. The third-order valence-electron chi connectivity index (χ3n) is 5.51. The predicted octanol–water partition coefficient (Wildman–Crippen LogP) is 1.79. The van der Waals surface area contributed by atoms with E-state index in [9.17, 15) is 4.79 Å². The number of carbonyl (C=O) groups excluding carboxylic acids is 1.